The van der Waals surface area contributed by atoms with Gasteiger partial charge in [-0.3, -0.25) is 0 Å². The Balaban J connectivity index is 1.74. The molecule has 0 saturated carbocycles. The molecule has 136 valence electrons. The van der Waals surface area contributed by atoms with Crippen molar-refractivity contribution in [2.75, 3.05) is 0 Å². The Bertz CT molecular complexity index is 745. The Hall–Kier alpha value is -2.70. The number of aliphatic hydroxyl groups excluding tert-OH is 1. The average molecular weight is 356 g/mol. The molecule has 0 radical (unpaired) electrons. The quantitative estimate of drug-likeness (QED) is 0.848. The van der Waals surface area contributed by atoms with Gasteiger partial charge in [0.1, 0.15) is 6.10 Å². The van der Waals surface area contributed by atoms with Crippen molar-refractivity contribution < 1.29 is 28.9 Å². The van der Waals surface area contributed by atoms with Gasteiger partial charge < -0.3 is 19.3 Å². The highest BCUT2D eigenvalue weighted by Crippen LogP contribution is 2.26. The molecule has 3 rings (SSSR count). The summed E-state index contributed by atoms with van der Waals surface area (Å²) in [6.07, 6.45) is -3.33. The first-order chi connectivity index (χ1) is 12.5. The van der Waals surface area contributed by atoms with Crippen molar-refractivity contribution >= 4 is 11.9 Å². The van der Waals surface area contributed by atoms with Crippen molar-refractivity contribution in [3.8, 4) is 0 Å². The molecule has 1 fully saturated rings. The number of benzene rings is 2. The van der Waals surface area contributed by atoms with Crippen molar-refractivity contribution in [2.24, 2.45) is 0 Å². The van der Waals surface area contributed by atoms with Gasteiger partial charge in [0.05, 0.1) is 17.2 Å². The first-order valence-corrected chi connectivity index (χ1v) is 8.40. The second kappa shape index (κ2) is 8.12. The Kier molecular flexibility index (Phi) is 5.65. The molecule has 1 N–H and O–H groups in total. The van der Waals surface area contributed by atoms with E-state index in [9.17, 15) is 14.7 Å². The van der Waals surface area contributed by atoms with Gasteiger partial charge in [0.15, 0.2) is 12.4 Å². The van der Waals surface area contributed by atoms with Crippen LogP contribution in [0.15, 0.2) is 60.7 Å². The second-order valence-corrected chi connectivity index (χ2v) is 6.08. The van der Waals surface area contributed by atoms with Crippen LogP contribution in [-0.4, -0.2) is 41.6 Å². The average Bonchev–Trinajstić information content (AvgIpc) is 2.65. The fourth-order valence-corrected chi connectivity index (χ4v) is 2.85. The smallest absolute Gasteiger partial charge is 0.338 e. The van der Waals surface area contributed by atoms with Crippen LogP contribution in [0.3, 0.4) is 0 Å². The van der Waals surface area contributed by atoms with Gasteiger partial charge in [0.25, 0.3) is 0 Å². The third kappa shape index (κ3) is 4.28. The predicted molar refractivity (Wildman–Crippen MR) is 92.5 cm³/mol. The van der Waals surface area contributed by atoms with Crippen LogP contribution in [0.25, 0.3) is 0 Å². The normalized spacial score (nSPS) is 25.3. The standard InChI is InChI=1S/C20H20O6/c1-13-18(26-20(23)15-10-6-3-7-11-15)16(12-17(21)24-13)25-19(22)14-8-4-2-5-9-14/h2-11,13,16-18,21H,12H2,1H3/t13-,16+,17+,18+/m0/s1. The Morgan fingerprint density at radius 1 is 0.923 bits per heavy atom. The molecule has 26 heavy (non-hydrogen) atoms. The molecule has 0 aromatic heterocycles. The fraction of sp³-hybridized carbons (Fsp3) is 0.300. The predicted octanol–water partition coefficient (Wildman–Crippen LogP) is 2.56. The maximum absolute atomic E-state index is 12.4. The molecular formula is C20H20O6. The summed E-state index contributed by atoms with van der Waals surface area (Å²) >= 11 is 0. The highest BCUT2D eigenvalue weighted by atomic mass is 16.7. The van der Waals surface area contributed by atoms with Crippen LogP contribution < -0.4 is 0 Å². The van der Waals surface area contributed by atoms with Gasteiger partial charge in [-0.1, -0.05) is 36.4 Å². The Morgan fingerprint density at radius 3 is 1.96 bits per heavy atom. The lowest BCUT2D eigenvalue weighted by molar-refractivity contribution is -0.226. The van der Waals surface area contributed by atoms with E-state index in [0.717, 1.165) is 0 Å². The van der Waals surface area contributed by atoms with Crippen LogP contribution in [0.5, 0.6) is 0 Å². The minimum atomic E-state index is -1.09. The summed E-state index contributed by atoms with van der Waals surface area (Å²) in [5, 5.41) is 9.85. The van der Waals surface area contributed by atoms with Crippen LogP contribution in [-0.2, 0) is 14.2 Å². The zero-order valence-corrected chi connectivity index (χ0v) is 14.3. The molecule has 0 unspecified atom stereocenters. The van der Waals surface area contributed by atoms with E-state index < -0.39 is 36.5 Å². The largest absolute Gasteiger partial charge is 0.455 e. The summed E-state index contributed by atoms with van der Waals surface area (Å²) in [5.74, 6) is -1.08. The van der Waals surface area contributed by atoms with Gasteiger partial charge in [0.2, 0.25) is 0 Å². The number of ether oxygens (including phenoxy) is 3. The molecule has 4 atom stereocenters. The topological polar surface area (TPSA) is 82.1 Å². The minimum Gasteiger partial charge on any atom is -0.455 e. The molecule has 0 spiro atoms. The molecule has 1 saturated heterocycles. The molecule has 2 aromatic carbocycles. The minimum absolute atomic E-state index is 0.0235. The number of esters is 2. The lowest BCUT2D eigenvalue weighted by Gasteiger charge is -2.37. The highest BCUT2D eigenvalue weighted by molar-refractivity contribution is 5.90. The van der Waals surface area contributed by atoms with Crippen LogP contribution in [0.1, 0.15) is 34.1 Å². The first-order valence-electron chi connectivity index (χ1n) is 8.40. The van der Waals surface area contributed by atoms with E-state index in [-0.39, 0.29) is 6.42 Å². The van der Waals surface area contributed by atoms with E-state index in [1.54, 1.807) is 67.6 Å². The molecule has 0 aliphatic carbocycles. The number of carbonyl (C=O) groups excluding carboxylic acids is 2. The summed E-state index contributed by atoms with van der Waals surface area (Å²) in [6.45, 7) is 1.66. The second-order valence-electron chi connectivity index (χ2n) is 6.08. The monoisotopic (exact) mass is 356 g/mol. The highest BCUT2D eigenvalue weighted by Gasteiger charge is 2.41. The summed E-state index contributed by atoms with van der Waals surface area (Å²) in [5.41, 5.74) is 0.772. The lowest BCUT2D eigenvalue weighted by atomic mass is 10.0. The van der Waals surface area contributed by atoms with Crippen molar-refractivity contribution in [1.29, 1.82) is 0 Å². The third-order valence-electron chi connectivity index (χ3n) is 4.16. The van der Waals surface area contributed by atoms with Gasteiger partial charge in [-0.15, -0.1) is 0 Å². The molecule has 6 nitrogen and oxygen atoms in total. The molecule has 6 heteroatoms. The zero-order chi connectivity index (χ0) is 18.5. The van der Waals surface area contributed by atoms with Gasteiger partial charge in [0, 0.05) is 6.42 Å². The van der Waals surface area contributed by atoms with Crippen LogP contribution in [0, 0.1) is 0 Å². The van der Waals surface area contributed by atoms with Crippen molar-refractivity contribution in [3.63, 3.8) is 0 Å². The van der Waals surface area contributed by atoms with Crippen molar-refractivity contribution in [3.05, 3.63) is 71.8 Å². The van der Waals surface area contributed by atoms with Gasteiger partial charge >= 0.3 is 11.9 Å². The summed E-state index contributed by atoms with van der Waals surface area (Å²) < 4.78 is 16.4. The van der Waals surface area contributed by atoms with E-state index in [1.165, 1.54) is 0 Å². The lowest BCUT2D eigenvalue weighted by Crippen LogP contribution is -2.51. The van der Waals surface area contributed by atoms with Crippen molar-refractivity contribution in [2.45, 2.75) is 37.9 Å². The maximum atomic E-state index is 12.4. The molecule has 0 amide bonds. The molecule has 1 aliphatic rings. The van der Waals surface area contributed by atoms with E-state index in [2.05, 4.69) is 0 Å². The SMILES string of the molecule is C[C@@H]1O[C@@H](O)C[C@@H](OC(=O)c2ccccc2)[C@@H]1OC(=O)c1ccccc1. The molecule has 1 aliphatic heterocycles. The van der Waals surface area contributed by atoms with E-state index in [0.29, 0.717) is 11.1 Å². The van der Waals surface area contributed by atoms with Gasteiger partial charge in [-0.25, -0.2) is 9.59 Å². The molecule has 1 heterocycles. The van der Waals surface area contributed by atoms with Gasteiger partial charge in [-0.05, 0) is 31.2 Å². The Morgan fingerprint density at radius 2 is 1.42 bits per heavy atom. The summed E-state index contributed by atoms with van der Waals surface area (Å²) in [6, 6.07) is 17.0. The van der Waals surface area contributed by atoms with E-state index in [4.69, 9.17) is 14.2 Å². The van der Waals surface area contributed by atoms with E-state index in [1.807, 2.05) is 0 Å². The van der Waals surface area contributed by atoms with Crippen LogP contribution in [0.4, 0.5) is 0 Å². The zero-order valence-electron chi connectivity index (χ0n) is 14.3. The fourth-order valence-electron chi connectivity index (χ4n) is 2.85. The third-order valence-corrected chi connectivity index (χ3v) is 4.16. The van der Waals surface area contributed by atoms with Crippen molar-refractivity contribution in [1.82, 2.24) is 0 Å². The first kappa shape index (κ1) is 18.1. The van der Waals surface area contributed by atoms with Gasteiger partial charge in [-0.2, -0.15) is 0 Å². The summed E-state index contributed by atoms with van der Waals surface area (Å²) in [4.78, 5) is 24.7. The number of rotatable bonds is 4. The number of hydrogen-bond acceptors (Lipinski definition) is 6. The molecular weight excluding hydrogens is 336 g/mol. The molecule has 0 bridgehead atoms. The maximum Gasteiger partial charge on any atom is 0.338 e. The number of carbonyl (C=O) groups is 2. The van der Waals surface area contributed by atoms with E-state index >= 15 is 0 Å². The molecule has 2 aromatic rings. The number of aliphatic hydroxyl groups is 1. The Labute approximate surface area is 151 Å². The number of hydrogen-bond donors (Lipinski definition) is 1. The van der Waals surface area contributed by atoms with Crippen LogP contribution in [0.2, 0.25) is 0 Å². The van der Waals surface area contributed by atoms with Crippen LogP contribution >= 0.6 is 0 Å². The summed E-state index contributed by atoms with van der Waals surface area (Å²) in [7, 11) is 0.